The van der Waals surface area contributed by atoms with E-state index in [9.17, 15) is 13.2 Å². The summed E-state index contributed by atoms with van der Waals surface area (Å²) >= 11 is 5.39. The Bertz CT molecular complexity index is 372. The van der Waals surface area contributed by atoms with Crippen molar-refractivity contribution < 1.29 is 18.3 Å². The van der Waals surface area contributed by atoms with Crippen LogP contribution >= 0.6 is 11.6 Å². The normalized spacial score (nSPS) is 11.6. The SMILES string of the molecule is CN(CCO)c1cc(C(F)(F)F)nc(Cl)n1. The first kappa shape index (κ1) is 13.0. The van der Waals surface area contributed by atoms with E-state index < -0.39 is 17.2 Å². The molecular formula is C8H9ClF3N3O. The number of aliphatic hydroxyl groups excluding tert-OH is 1. The number of hydrogen-bond acceptors (Lipinski definition) is 4. The van der Waals surface area contributed by atoms with Crippen LogP contribution in [0.2, 0.25) is 5.28 Å². The number of halogens is 4. The third kappa shape index (κ3) is 3.21. The van der Waals surface area contributed by atoms with Crippen LogP contribution in [0, 0.1) is 0 Å². The van der Waals surface area contributed by atoms with Crippen LogP contribution in [0.15, 0.2) is 6.07 Å². The van der Waals surface area contributed by atoms with Gasteiger partial charge in [0.15, 0.2) is 5.69 Å². The molecule has 90 valence electrons. The smallest absolute Gasteiger partial charge is 0.395 e. The largest absolute Gasteiger partial charge is 0.433 e. The second-order valence-electron chi connectivity index (χ2n) is 3.02. The molecule has 1 heterocycles. The first-order valence-electron chi connectivity index (χ1n) is 4.28. The highest BCUT2D eigenvalue weighted by Gasteiger charge is 2.33. The van der Waals surface area contributed by atoms with E-state index in [1.54, 1.807) is 0 Å². The van der Waals surface area contributed by atoms with Gasteiger partial charge in [-0.3, -0.25) is 0 Å². The van der Waals surface area contributed by atoms with Crippen molar-refractivity contribution >= 4 is 17.4 Å². The monoisotopic (exact) mass is 255 g/mol. The number of hydrogen-bond donors (Lipinski definition) is 1. The number of aliphatic hydroxyl groups is 1. The topological polar surface area (TPSA) is 49.2 Å². The van der Waals surface area contributed by atoms with Crippen LogP contribution in [0.4, 0.5) is 19.0 Å². The minimum atomic E-state index is -4.57. The molecule has 0 aliphatic carbocycles. The maximum atomic E-state index is 12.4. The van der Waals surface area contributed by atoms with Gasteiger partial charge in [0.25, 0.3) is 0 Å². The van der Waals surface area contributed by atoms with Crippen molar-refractivity contribution in [1.82, 2.24) is 9.97 Å². The summed E-state index contributed by atoms with van der Waals surface area (Å²) < 4.78 is 37.1. The lowest BCUT2D eigenvalue weighted by atomic mass is 10.3. The van der Waals surface area contributed by atoms with Crippen LogP contribution in [0.5, 0.6) is 0 Å². The van der Waals surface area contributed by atoms with Crippen molar-refractivity contribution in [2.75, 3.05) is 25.1 Å². The van der Waals surface area contributed by atoms with E-state index in [0.717, 1.165) is 6.07 Å². The van der Waals surface area contributed by atoms with Crippen molar-refractivity contribution in [2.45, 2.75) is 6.18 Å². The Hall–Kier alpha value is -1.08. The molecule has 0 saturated heterocycles. The number of aromatic nitrogens is 2. The Morgan fingerprint density at radius 3 is 2.56 bits per heavy atom. The van der Waals surface area contributed by atoms with Crippen LogP contribution in [0.3, 0.4) is 0 Å². The van der Waals surface area contributed by atoms with E-state index >= 15 is 0 Å². The Labute approximate surface area is 94.7 Å². The van der Waals surface area contributed by atoms with Crippen molar-refractivity contribution in [3.05, 3.63) is 17.0 Å². The molecule has 0 aliphatic rings. The zero-order chi connectivity index (χ0) is 12.3. The van der Waals surface area contributed by atoms with Crippen LogP contribution in [0.25, 0.3) is 0 Å². The summed E-state index contributed by atoms with van der Waals surface area (Å²) in [7, 11) is 1.50. The molecule has 8 heteroatoms. The Morgan fingerprint density at radius 1 is 1.44 bits per heavy atom. The first-order chi connectivity index (χ1) is 7.34. The summed E-state index contributed by atoms with van der Waals surface area (Å²) in [5, 5.41) is 8.18. The molecule has 1 aromatic rings. The highest BCUT2D eigenvalue weighted by molar-refractivity contribution is 6.28. The second kappa shape index (κ2) is 4.84. The average molecular weight is 256 g/mol. The average Bonchev–Trinajstić information content (AvgIpc) is 2.16. The third-order valence-electron chi connectivity index (χ3n) is 1.80. The molecule has 0 aliphatic heterocycles. The number of likely N-dealkylation sites (N-methyl/N-ethyl adjacent to an activating group) is 1. The predicted molar refractivity (Wildman–Crippen MR) is 52.4 cm³/mol. The molecular weight excluding hydrogens is 247 g/mol. The van der Waals surface area contributed by atoms with E-state index in [1.807, 2.05) is 0 Å². The Morgan fingerprint density at radius 2 is 2.06 bits per heavy atom. The molecule has 0 atom stereocenters. The van der Waals surface area contributed by atoms with Gasteiger partial charge in [0.2, 0.25) is 5.28 Å². The van der Waals surface area contributed by atoms with Gasteiger partial charge in [-0.1, -0.05) is 0 Å². The lowest BCUT2D eigenvalue weighted by Crippen LogP contribution is -2.23. The highest BCUT2D eigenvalue weighted by atomic mass is 35.5. The summed E-state index contributed by atoms with van der Waals surface area (Å²) in [6.45, 7) is -0.0376. The fourth-order valence-electron chi connectivity index (χ4n) is 1.01. The molecule has 0 radical (unpaired) electrons. The number of anilines is 1. The van der Waals surface area contributed by atoms with Crippen LogP contribution in [-0.2, 0) is 6.18 Å². The molecule has 1 N–H and O–H groups in total. The van der Waals surface area contributed by atoms with Crippen molar-refractivity contribution in [3.63, 3.8) is 0 Å². The van der Waals surface area contributed by atoms with Gasteiger partial charge in [-0.05, 0) is 11.6 Å². The predicted octanol–water partition coefficient (Wildman–Crippen LogP) is 1.58. The van der Waals surface area contributed by atoms with E-state index in [2.05, 4.69) is 9.97 Å². The number of nitrogens with zero attached hydrogens (tertiary/aromatic N) is 3. The van der Waals surface area contributed by atoms with E-state index in [4.69, 9.17) is 16.7 Å². The van der Waals surface area contributed by atoms with E-state index in [-0.39, 0.29) is 19.0 Å². The summed E-state index contributed by atoms with van der Waals surface area (Å²) in [5.41, 5.74) is -1.10. The molecule has 1 rings (SSSR count). The zero-order valence-corrected chi connectivity index (χ0v) is 9.05. The summed E-state index contributed by atoms with van der Waals surface area (Å²) in [6.07, 6.45) is -4.57. The van der Waals surface area contributed by atoms with E-state index in [0.29, 0.717) is 0 Å². The summed E-state index contributed by atoms with van der Waals surface area (Å²) in [6, 6.07) is 0.779. The van der Waals surface area contributed by atoms with Crippen molar-refractivity contribution in [1.29, 1.82) is 0 Å². The van der Waals surface area contributed by atoms with Gasteiger partial charge < -0.3 is 10.0 Å². The lowest BCUT2D eigenvalue weighted by Gasteiger charge is -2.17. The van der Waals surface area contributed by atoms with Gasteiger partial charge in [0.1, 0.15) is 5.82 Å². The molecule has 0 spiro atoms. The third-order valence-corrected chi connectivity index (χ3v) is 1.97. The maximum absolute atomic E-state index is 12.4. The molecule has 0 amide bonds. The summed E-state index contributed by atoms with van der Waals surface area (Å²) in [4.78, 5) is 8.07. The molecule has 0 unspecified atom stereocenters. The van der Waals surface area contributed by atoms with Gasteiger partial charge in [-0.2, -0.15) is 13.2 Å². The molecule has 4 nitrogen and oxygen atoms in total. The summed E-state index contributed by atoms with van der Waals surface area (Å²) in [5.74, 6) is 0.0152. The van der Waals surface area contributed by atoms with Crippen LogP contribution < -0.4 is 4.90 Å². The minimum absolute atomic E-state index is 0.0152. The fraction of sp³-hybridized carbons (Fsp3) is 0.500. The van der Waals surface area contributed by atoms with Crippen molar-refractivity contribution in [2.24, 2.45) is 0 Å². The second-order valence-corrected chi connectivity index (χ2v) is 3.36. The fourth-order valence-corrected chi connectivity index (χ4v) is 1.19. The minimum Gasteiger partial charge on any atom is -0.395 e. The first-order valence-corrected chi connectivity index (χ1v) is 4.66. The molecule has 16 heavy (non-hydrogen) atoms. The van der Waals surface area contributed by atoms with Gasteiger partial charge in [0, 0.05) is 19.7 Å². The van der Waals surface area contributed by atoms with Crippen molar-refractivity contribution in [3.8, 4) is 0 Å². The maximum Gasteiger partial charge on any atom is 0.433 e. The van der Waals surface area contributed by atoms with Gasteiger partial charge in [-0.15, -0.1) is 0 Å². The number of rotatable bonds is 3. The standard InChI is InChI=1S/C8H9ClF3N3O/c1-15(2-3-16)6-4-5(8(10,11)12)13-7(9)14-6/h4,16H,2-3H2,1H3. The lowest BCUT2D eigenvalue weighted by molar-refractivity contribution is -0.141. The highest BCUT2D eigenvalue weighted by Crippen LogP contribution is 2.30. The number of alkyl halides is 3. The Balaban J connectivity index is 3.08. The molecule has 0 aromatic carbocycles. The van der Waals surface area contributed by atoms with Crippen LogP contribution in [0.1, 0.15) is 5.69 Å². The molecule has 0 saturated carbocycles. The Kier molecular flexibility index (Phi) is 3.93. The van der Waals surface area contributed by atoms with Gasteiger partial charge in [-0.25, -0.2) is 9.97 Å². The molecule has 1 aromatic heterocycles. The molecule has 0 bridgehead atoms. The van der Waals surface area contributed by atoms with Gasteiger partial charge in [0.05, 0.1) is 6.61 Å². The quantitative estimate of drug-likeness (QED) is 0.833. The van der Waals surface area contributed by atoms with E-state index in [1.165, 1.54) is 11.9 Å². The zero-order valence-electron chi connectivity index (χ0n) is 8.29. The van der Waals surface area contributed by atoms with Gasteiger partial charge >= 0.3 is 6.18 Å². The molecule has 0 fully saturated rings. The van der Waals surface area contributed by atoms with Crippen LogP contribution in [-0.4, -0.2) is 35.3 Å².